The standard InChI is InChI=1S/C19H15N3OS/c1-2-5-15-14(4-1)17-18(23-15)19(21-12-20-17)22-9-7-13(8-10-22)16-6-3-11-24-16/h1-7,11-12H,8-10H2. The lowest BCUT2D eigenvalue weighted by atomic mass is 10.1. The molecule has 0 atom stereocenters. The summed E-state index contributed by atoms with van der Waals surface area (Å²) in [5, 5.41) is 3.17. The van der Waals surface area contributed by atoms with E-state index in [4.69, 9.17) is 4.42 Å². The zero-order valence-electron chi connectivity index (χ0n) is 13.0. The fraction of sp³-hybridized carbons (Fsp3) is 0.158. The third-order valence-corrected chi connectivity index (χ3v) is 5.43. The summed E-state index contributed by atoms with van der Waals surface area (Å²) in [7, 11) is 0. The summed E-state index contributed by atoms with van der Waals surface area (Å²) < 4.78 is 6.05. The van der Waals surface area contributed by atoms with Gasteiger partial charge in [-0.25, -0.2) is 9.97 Å². The molecule has 3 aromatic heterocycles. The van der Waals surface area contributed by atoms with Crippen LogP contribution in [0, 0.1) is 0 Å². The molecule has 1 aliphatic rings. The normalized spacial score (nSPS) is 15.2. The molecule has 4 heterocycles. The topological polar surface area (TPSA) is 42.2 Å². The summed E-state index contributed by atoms with van der Waals surface area (Å²) in [6.07, 6.45) is 4.95. The van der Waals surface area contributed by atoms with Gasteiger partial charge in [-0.1, -0.05) is 24.3 Å². The molecule has 24 heavy (non-hydrogen) atoms. The van der Waals surface area contributed by atoms with Crippen LogP contribution in [-0.4, -0.2) is 23.1 Å². The highest BCUT2D eigenvalue weighted by Crippen LogP contribution is 2.34. The Morgan fingerprint density at radius 1 is 1.08 bits per heavy atom. The third kappa shape index (κ3) is 2.12. The maximum atomic E-state index is 6.05. The molecule has 0 fully saturated rings. The van der Waals surface area contributed by atoms with E-state index in [2.05, 4.69) is 38.5 Å². The smallest absolute Gasteiger partial charge is 0.196 e. The number of anilines is 1. The van der Waals surface area contributed by atoms with Crippen LogP contribution < -0.4 is 4.90 Å². The van der Waals surface area contributed by atoms with Gasteiger partial charge in [-0.2, -0.15) is 0 Å². The zero-order chi connectivity index (χ0) is 15.9. The molecule has 0 unspecified atom stereocenters. The molecule has 0 N–H and O–H groups in total. The van der Waals surface area contributed by atoms with Crippen molar-refractivity contribution in [1.29, 1.82) is 0 Å². The van der Waals surface area contributed by atoms with Crippen molar-refractivity contribution in [2.24, 2.45) is 0 Å². The largest absolute Gasteiger partial charge is 0.450 e. The molecule has 1 aliphatic heterocycles. The number of nitrogens with zero attached hydrogens (tertiary/aromatic N) is 3. The first-order valence-corrected chi connectivity index (χ1v) is 8.88. The Hall–Kier alpha value is -2.66. The quantitative estimate of drug-likeness (QED) is 0.532. The predicted molar refractivity (Wildman–Crippen MR) is 98.4 cm³/mol. The van der Waals surface area contributed by atoms with E-state index in [-0.39, 0.29) is 0 Å². The van der Waals surface area contributed by atoms with Crippen LogP contribution >= 0.6 is 11.3 Å². The van der Waals surface area contributed by atoms with Crippen molar-refractivity contribution in [3.05, 3.63) is 59.1 Å². The molecular weight excluding hydrogens is 318 g/mol. The summed E-state index contributed by atoms with van der Waals surface area (Å²) >= 11 is 1.80. The monoisotopic (exact) mass is 333 g/mol. The van der Waals surface area contributed by atoms with Crippen LogP contribution in [0.2, 0.25) is 0 Å². The molecule has 4 aromatic rings. The minimum absolute atomic E-state index is 0.784. The first kappa shape index (κ1) is 13.7. The number of para-hydroxylation sites is 1. The average molecular weight is 333 g/mol. The average Bonchev–Trinajstić information content (AvgIpc) is 3.29. The zero-order valence-corrected chi connectivity index (χ0v) is 13.8. The number of fused-ring (bicyclic) bond motifs is 3. The molecule has 0 spiro atoms. The van der Waals surface area contributed by atoms with Crippen molar-refractivity contribution in [3.63, 3.8) is 0 Å². The van der Waals surface area contributed by atoms with Crippen molar-refractivity contribution in [1.82, 2.24) is 9.97 Å². The summed E-state index contributed by atoms with van der Waals surface area (Å²) in [5.41, 5.74) is 3.97. The molecule has 0 saturated carbocycles. The van der Waals surface area contributed by atoms with Gasteiger partial charge in [-0.3, -0.25) is 0 Å². The van der Waals surface area contributed by atoms with Crippen molar-refractivity contribution in [3.8, 4) is 0 Å². The molecule has 118 valence electrons. The first-order valence-electron chi connectivity index (χ1n) is 8.00. The van der Waals surface area contributed by atoms with Crippen molar-refractivity contribution >= 4 is 44.8 Å². The molecule has 0 radical (unpaired) electrons. The van der Waals surface area contributed by atoms with Gasteiger partial charge in [0.25, 0.3) is 0 Å². The Balaban J connectivity index is 1.56. The lowest BCUT2D eigenvalue weighted by Crippen LogP contribution is -2.29. The van der Waals surface area contributed by atoms with Crippen molar-refractivity contribution in [2.45, 2.75) is 6.42 Å². The molecule has 5 heteroatoms. The number of thiophene rings is 1. The highest BCUT2D eigenvalue weighted by molar-refractivity contribution is 7.11. The summed E-state index contributed by atoms with van der Waals surface area (Å²) in [4.78, 5) is 12.6. The fourth-order valence-electron chi connectivity index (χ4n) is 3.28. The Morgan fingerprint density at radius 3 is 2.88 bits per heavy atom. The van der Waals surface area contributed by atoms with Gasteiger partial charge in [-0.05, 0) is 35.6 Å². The van der Waals surface area contributed by atoms with Gasteiger partial charge in [0.05, 0.1) is 0 Å². The number of aromatic nitrogens is 2. The Bertz CT molecular complexity index is 1050. The third-order valence-electron chi connectivity index (χ3n) is 4.49. The lowest BCUT2D eigenvalue weighted by Gasteiger charge is -2.26. The van der Waals surface area contributed by atoms with Gasteiger partial charge in [0.15, 0.2) is 11.4 Å². The van der Waals surface area contributed by atoms with Gasteiger partial charge in [0.1, 0.15) is 17.4 Å². The van der Waals surface area contributed by atoms with Crippen molar-refractivity contribution in [2.75, 3.05) is 18.0 Å². The summed E-state index contributed by atoms with van der Waals surface area (Å²) in [5.74, 6) is 0.887. The molecule has 1 aromatic carbocycles. The van der Waals surface area contributed by atoms with E-state index in [0.717, 1.165) is 47.4 Å². The second-order valence-corrected chi connectivity index (χ2v) is 6.82. The van der Waals surface area contributed by atoms with Crippen LogP contribution in [0.5, 0.6) is 0 Å². The lowest BCUT2D eigenvalue weighted by molar-refractivity contribution is 0.660. The number of furan rings is 1. The van der Waals surface area contributed by atoms with Crippen molar-refractivity contribution < 1.29 is 4.42 Å². The highest BCUT2D eigenvalue weighted by atomic mass is 32.1. The highest BCUT2D eigenvalue weighted by Gasteiger charge is 2.20. The Morgan fingerprint density at radius 2 is 2.04 bits per heavy atom. The summed E-state index contributed by atoms with van der Waals surface area (Å²) in [6, 6.07) is 12.3. The molecule has 5 rings (SSSR count). The van der Waals surface area contributed by atoms with Crippen LogP contribution in [0.15, 0.2) is 58.6 Å². The van der Waals surface area contributed by atoms with E-state index in [1.54, 1.807) is 17.7 Å². The number of hydrogen-bond acceptors (Lipinski definition) is 5. The van der Waals surface area contributed by atoms with E-state index < -0.39 is 0 Å². The molecule has 0 bridgehead atoms. The number of rotatable bonds is 2. The van der Waals surface area contributed by atoms with Gasteiger partial charge < -0.3 is 9.32 Å². The second-order valence-electron chi connectivity index (χ2n) is 5.88. The minimum atomic E-state index is 0.784. The van der Waals surface area contributed by atoms with Gasteiger partial charge in [0, 0.05) is 23.4 Å². The molecule has 4 nitrogen and oxygen atoms in total. The Kier molecular flexibility index (Phi) is 3.13. The van der Waals surface area contributed by atoms with Crippen LogP contribution in [0.4, 0.5) is 5.82 Å². The second kappa shape index (κ2) is 5.46. The van der Waals surface area contributed by atoms with Crippen LogP contribution in [0.3, 0.4) is 0 Å². The number of benzene rings is 1. The maximum Gasteiger partial charge on any atom is 0.196 e. The summed E-state index contributed by atoms with van der Waals surface area (Å²) in [6.45, 7) is 1.78. The van der Waals surface area contributed by atoms with E-state index in [9.17, 15) is 0 Å². The van der Waals surface area contributed by atoms with Gasteiger partial charge in [-0.15, -0.1) is 11.3 Å². The predicted octanol–water partition coefficient (Wildman–Crippen LogP) is 4.73. The van der Waals surface area contributed by atoms with Crippen LogP contribution in [-0.2, 0) is 0 Å². The SMILES string of the molecule is C1=C(c2cccs2)CCN(c2ncnc3c2oc2ccccc23)C1. The maximum absolute atomic E-state index is 6.05. The molecule has 0 saturated heterocycles. The number of hydrogen-bond donors (Lipinski definition) is 0. The molecular formula is C19H15N3OS. The first-order chi connectivity index (χ1) is 11.9. The van der Waals surface area contributed by atoms with Crippen LogP contribution in [0.25, 0.3) is 27.6 Å². The minimum Gasteiger partial charge on any atom is -0.450 e. The molecule has 0 aliphatic carbocycles. The Labute approximate surface area is 143 Å². The van der Waals surface area contributed by atoms with Gasteiger partial charge in [0.2, 0.25) is 0 Å². The van der Waals surface area contributed by atoms with E-state index >= 15 is 0 Å². The van der Waals surface area contributed by atoms with Crippen LogP contribution in [0.1, 0.15) is 11.3 Å². The van der Waals surface area contributed by atoms with E-state index in [0.29, 0.717) is 0 Å². The van der Waals surface area contributed by atoms with E-state index in [1.807, 2.05) is 24.3 Å². The van der Waals surface area contributed by atoms with Gasteiger partial charge >= 0.3 is 0 Å². The fourth-order valence-corrected chi connectivity index (χ4v) is 4.08. The molecule has 0 amide bonds. The van der Waals surface area contributed by atoms with E-state index in [1.165, 1.54) is 10.5 Å².